The van der Waals surface area contributed by atoms with Crippen LogP contribution in [0.15, 0.2) is 54.2 Å². The summed E-state index contributed by atoms with van der Waals surface area (Å²) in [5, 5.41) is 4.91. The lowest BCUT2D eigenvalue weighted by Crippen LogP contribution is -2.27. The molecule has 0 unspecified atom stereocenters. The van der Waals surface area contributed by atoms with Crippen LogP contribution in [0.5, 0.6) is 0 Å². The van der Waals surface area contributed by atoms with Crippen molar-refractivity contribution in [2.24, 2.45) is 0 Å². The summed E-state index contributed by atoms with van der Waals surface area (Å²) < 4.78 is 2.57. The number of benzene rings is 1. The van der Waals surface area contributed by atoms with Gasteiger partial charge in [-0.3, -0.25) is 9.78 Å². The normalized spacial score (nSPS) is 10.5. The van der Waals surface area contributed by atoms with E-state index in [4.69, 9.17) is 12.2 Å². The second kappa shape index (κ2) is 7.51. The van der Waals surface area contributed by atoms with Crippen LogP contribution in [0.2, 0.25) is 0 Å². The maximum absolute atomic E-state index is 12.3. The first kappa shape index (κ1) is 16.5. The molecule has 2 aromatic heterocycles. The highest BCUT2D eigenvalue weighted by Gasteiger charge is 2.11. The highest BCUT2D eigenvalue weighted by molar-refractivity contribution is 7.73. The van der Waals surface area contributed by atoms with Gasteiger partial charge in [-0.1, -0.05) is 35.9 Å². The third-order valence-corrected chi connectivity index (χ3v) is 4.92. The molecule has 122 valence electrons. The molecule has 6 heteroatoms. The predicted octanol–water partition coefficient (Wildman–Crippen LogP) is 3.97. The van der Waals surface area contributed by atoms with Crippen LogP contribution in [0.1, 0.15) is 11.1 Å². The summed E-state index contributed by atoms with van der Waals surface area (Å²) >= 11 is 6.86. The summed E-state index contributed by atoms with van der Waals surface area (Å²) in [7, 11) is 0. The molecule has 3 aromatic rings. The van der Waals surface area contributed by atoms with E-state index in [-0.39, 0.29) is 12.5 Å². The molecular formula is C18H17N3OS2. The number of thiazole rings is 1. The largest absolute Gasteiger partial charge is 0.350 e. The number of pyridine rings is 1. The molecule has 1 amide bonds. The number of carbonyl (C=O) groups is 1. The molecule has 0 aliphatic heterocycles. The van der Waals surface area contributed by atoms with E-state index in [2.05, 4.69) is 41.5 Å². The molecule has 0 spiro atoms. The van der Waals surface area contributed by atoms with Crippen LogP contribution >= 0.6 is 23.6 Å². The first-order chi connectivity index (χ1) is 11.6. The minimum Gasteiger partial charge on any atom is -0.350 e. The number of rotatable bonds is 5. The highest BCUT2D eigenvalue weighted by Crippen LogP contribution is 2.24. The van der Waals surface area contributed by atoms with Gasteiger partial charge >= 0.3 is 0 Å². The molecule has 1 N–H and O–H groups in total. The van der Waals surface area contributed by atoms with Crippen molar-refractivity contribution in [3.63, 3.8) is 0 Å². The Bertz CT molecular complexity index is 883. The van der Waals surface area contributed by atoms with Crippen LogP contribution in [0, 0.1) is 10.9 Å². The van der Waals surface area contributed by atoms with Crippen molar-refractivity contribution < 1.29 is 4.79 Å². The number of hydrogen-bond donors (Lipinski definition) is 1. The number of amides is 1. The van der Waals surface area contributed by atoms with Gasteiger partial charge in [0.1, 0.15) is 6.54 Å². The lowest BCUT2D eigenvalue weighted by molar-refractivity contribution is -0.121. The van der Waals surface area contributed by atoms with E-state index < -0.39 is 0 Å². The summed E-state index contributed by atoms with van der Waals surface area (Å²) in [4.78, 5) is 16.3. The summed E-state index contributed by atoms with van der Waals surface area (Å²) in [6.07, 6.45) is 3.46. The number of aryl methyl sites for hydroxylation is 1. The second-order valence-electron chi connectivity index (χ2n) is 5.48. The van der Waals surface area contributed by atoms with Crippen LogP contribution in [0.4, 0.5) is 0 Å². The van der Waals surface area contributed by atoms with E-state index in [0.717, 1.165) is 16.8 Å². The SMILES string of the molecule is Cc1ccc(-c2csc(=S)n2CC(=O)NCc2cccnc2)cc1. The van der Waals surface area contributed by atoms with Crippen molar-refractivity contribution in [2.75, 3.05) is 0 Å². The molecule has 1 aromatic carbocycles. The summed E-state index contributed by atoms with van der Waals surface area (Å²) in [5.74, 6) is -0.0679. The van der Waals surface area contributed by atoms with Gasteiger partial charge in [0.25, 0.3) is 0 Å². The molecule has 0 atom stereocenters. The molecule has 0 aliphatic rings. The van der Waals surface area contributed by atoms with Crippen LogP contribution in [0.3, 0.4) is 0 Å². The maximum atomic E-state index is 12.3. The third-order valence-electron chi connectivity index (χ3n) is 3.64. The van der Waals surface area contributed by atoms with E-state index in [1.807, 2.05) is 22.1 Å². The first-order valence-corrected chi connectivity index (χ1v) is 8.83. The average Bonchev–Trinajstić information content (AvgIpc) is 2.95. The Labute approximate surface area is 149 Å². The molecule has 24 heavy (non-hydrogen) atoms. The Balaban J connectivity index is 1.73. The van der Waals surface area contributed by atoms with E-state index in [1.54, 1.807) is 12.4 Å². The van der Waals surface area contributed by atoms with Gasteiger partial charge in [0, 0.05) is 24.3 Å². The van der Waals surface area contributed by atoms with Crippen molar-refractivity contribution in [2.45, 2.75) is 20.0 Å². The second-order valence-corrected chi connectivity index (χ2v) is 6.98. The highest BCUT2D eigenvalue weighted by atomic mass is 32.1. The van der Waals surface area contributed by atoms with E-state index in [9.17, 15) is 4.79 Å². The fourth-order valence-electron chi connectivity index (χ4n) is 2.33. The van der Waals surface area contributed by atoms with Crippen molar-refractivity contribution >= 4 is 29.5 Å². The van der Waals surface area contributed by atoms with Crippen LogP contribution in [-0.4, -0.2) is 15.5 Å². The van der Waals surface area contributed by atoms with Crippen molar-refractivity contribution in [3.05, 3.63) is 69.3 Å². The van der Waals surface area contributed by atoms with Crippen LogP contribution < -0.4 is 5.32 Å². The zero-order valence-corrected chi connectivity index (χ0v) is 14.9. The quantitative estimate of drug-likeness (QED) is 0.705. The Morgan fingerprint density at radius 3 is 2.79 bits per heavy atom. The van der Waals surface area contributed by atoms with Gasteiger partial charge < -0.3 is 9.88 Å². The van der Waals surface area contributed by atoms with Gasteiger partial charge in [-0.05, 0) is 36.3 Å². The van der Waals surface area contributed by atoms with E-state index >= 15 is 0 Å². The molecule has 4 nitrogen and oxygen atoms in total. The Hall–Kier alpha value is -2.31. The number of nitrogens with one attached hydrogen (secondary N) is 1. The number of carbonyl (C=O) groups excluding carboxylic acids is 1. The van der Waals surface area contributed by atoms with Crippen molar-refractivity contribution in [3.8, 4) is 11.3 Å². The molecule has 0 saturated carbocycles. The summed E-state index contributed by atoms with van der Waals surface area (Å²) in [6, 6.07) is 12.0. The minimum absolute atomic E-state index is 0.0679. The van der Waals surface area contributed by atoms with Crippen molar-refractivity contribution in [1.82, 2.24) is 14.9 Å². The number of hydrogen-bond acceptors (Lipinski definition) is 4. The molecule has 2 heterocycles. The van der Waals surface area contributed by atoms with Gasteiger partial charge in [-0.15, -0.1) is 11.3 Å². The summed E-state index contributed by atoms with van der Waals surface area (Å²) in [5.41, 5.74) is 4.21. The predicted molar refractivity (Wildman–Crippen MR) is 99.4 cm³/mol. The first-order valence-electron chi connectivity index (χ1n) is 7.54. The maximum Gasteiger partial charge on any atom is 0.240 e. The van der Waals surface area contributed by atoms with Gasteiger partial charge in [-0.25, -0.2) is 0 Å². The Morgan fingerprint density at radius 1 is 1.29 bits per heavy atom. The lowest BCUT2D eigenvalue weighted by Gasteiger charge is -2.10. The molecule has 0 aliphatic carbocycles. The molecule has 3 rings (SSSR count). The number of aromatic nitrogens is 2. The van der Waals surface area contributed by atoms with Gasteiger partial charge in [0.05, 0.1) is 5.69 Å². The zero-order valence-electron chi connectivity index (χ0n) is 13.2. The molecule has 0 bridgehead atoms. The van der Waals surface area contributed by atoms with Crippen LogP contribution in [-0.2, 0) is 17.9 Å². The topological polar surface area (TPSA) is 46.9 Å². The average molecular weight is 355 g/mol. The third kappa shape index (κ3) is 3.96. The monoisotopic (exact) mass is 355 g/mol. The fourth-order valence-corrected chi connectivity index (χ4v) is 3.41. The molecular weight excluding hydrogens is 338 g/mol. The zero-order chi connectivity index (χ0) is 16.9. The molecule has 0 radical (unpaired) electrons. The Kier molecular flexibility index (Phi) is 5.17. The standard InChI is InChI=1S/C18H17N3OS2/c1-13-4-6-15(7-5-13)16-12-24-18(23)21(16)11-17(22)20-10-14-3-2-8-19-9-14/h2-9,12H,10-11H2,1H3,(H,20,22). The van der Waals surface area contributed by atoms with E-state index in [1.165, 1.54) is 16.9 Å². The fraction of sp³-hybridized carbons (Fsp3) is 0.167. The summed E-state index contributed by atoms with van der Waals surface area (Å²) in [6.45, 7) is 2.73. The smallest absolute Gasteiger partial charge is 0.240 e. The van der Waals surface area contributed by atoms with Gasteiger partial charge in [-0.2, -0.15) is 0 Å². The van der Waals surface area contributed by atoms with E-state index in [0.29, 0.717) is 10.5 Å². The van der Waals surface area contributed by atoms with Gasteiger partial charge in [0.15, 0.2) is 3.95 Å². The molecule has 0 fully saturated rings. The minimum atomic E-state index is -0.0679. The Morgan fingerprint density at radius 2 is 2.08 bits per heavy atom. The molecule has 0 saturated heterocycles. The number of nitrogens with zero attached hydrogens (tertiary/aromatic N) is 2. The van der Waals surface area contributed by atoms with Crippen LogP contribution in [0.25, 0.3) is 11.3 Å². The van der Waals surface area contributed by atoms with Gasteiger partial charge in [0.2, 0.25) is 5.91 Å². The van der Waals surface area contributed by atoms with Crippen molar-refractivity contribution in [1.29, 1.82) is 0 Å². The lowest BCUT2D eigenvalue weighted by atomic mass is 10.1.